The van der Waals surface area contributed by atoms with Crippen molar-refractivity contribution in [3.05, 3.63) is 47.0 Å². The Morgan fingerprint density at radius 1 is 0.810 bits per heavy atom. The third-order valence-electron chi connectivity index (χ3n) is 3.35. The average Bonchev–Trinajstić information content (AvgIpc) is 2.92. The quantitative estimate of drug-likeness (QED) is 0.751. The number of hydrogen-bond donors (Lipinski definition) is 2. The number of amides is 4. The molecule has 1 aromatic rings. The lowest BCUT2D eigenvalue weighted by Crippen LogP contribution is -2.22. The standard InChI is InChI=1S/C15H10N2O4/c1-7-2-3-8(10-5-12(18)16-14(10)20)4-9(7)11-6-13(19)17-15(11)21/h2-6H,1H3,(H,16,18,20)(H,17,19,21). The van der Waals surface area contributed by atoms with Crippen LogP contribution in [0.1, 0.15) is 16.7 Å². The molecule has 0 aromatic heterocycles. The van der Waals surface area contributed by atoms with E-state index >= 15 is 0 Å². The summed E-state index contributed by atoms with van der Waals surface area (Å²) in [7, 11) is 0. The van der Waals surface area contributed by atoms with E-state index in [2.05, 4.69) is 10.6 Å². The number of rotatable bonds is 2. The molecule has 0 spiro atoms. The van der Waals surface area contributed by atoms with Gasteiger partial charge in [-0.25, -0.2) is 0 Å². The second-order valence-electron chi connectivity index (χ2n) is 4.78. The van der Waals surface area contributed by atoms with Crippen LogP contribution in [0.25, 0.3) is 11.1 Å². The molecular weight excluding hydrogens is 272 g/mol. The Balaban J connectivity index is 2.10. The number of aryl methyl sites for hydroxylation is 1. The molecule has 0 atom stereocenters. The van der Waals surface area contributed by atoms with Crippen molar-refractivity contribution in [1.82, 2.24) is 10.6 Å². The second kappa shape index (κ2) is 4.52. The largest absolute Gasteiger partial charge is 0.289 e. The maximum Gasteiger partial charge on any atom is 0.258 e. The van der Waals surface area contributed by atoms with Crippen LogP contribution in [0.2, 0.25) is 0 Å². The zero-order chi connectivity index (χ0) is 15.1. The van der Waals surface area contributed by atoms with Crippen molar-refractivity contribution in [1.29, 1.82) is 0 Å². The minimum atomic E-state index is -0.476. The first-order valence-corrected chi connectivity index (χ1v) is 6.21. The van der Waals surface area contributed by atoms with Crippen LogP contribution in [-0.2, 0) is 19.2 Å². The summed E-state index contributed by atoms with van der Waals surface area (Å²) < 4.78 is 0. The summed E-state index contributed by atoms with van der Waals surface area (Å²) in [6.07, 6.45) is 2.44. The smallest absolute Gasteiger partial charge is 0.258 e. The Hall–Kier alpha value is -3.02. The van der Waals surface area contributed by atoms with Gasteiger partial charge in [-0.3, -0.25) is 29.8 Å². The maximum atomic E-state index is 11.7. The first-order valence-electron chi connectivity index (χ1n) is 6.21. The van der Waals surface area contributed by atoms with Gasteiger partial charge < -0.3 is 0 Å². The van der Waals surface area contributed by atoms with Gasteiger partial charge in [0.2, 0.25) is 0 Å². The van der Waals surface area contributed by atoms with Gasteiger partial charge >= 0.3 is 0 Å². The molecule has 0 aliphatic carbocycles. The summed E-state index contributed by atoms with van der Waals surface area (Å²) in [5.74, 6) is -1.88. The second-order valence-corrected chi connectivity index (χ2v) is 4.78. The summed E-state index contributed by atoms with van der Waals surface area (Å²) in [5, 5.41) is 4.35. The normalized spacial score (nSPS) is 17.6. The van der Waals surface area contributed by atoms with Crippen LogP contribution in [0.3, 0.4) is 0 Å². The maximum absolute atomic E-state index is 11.7. The van der Waals surface area contributed by atoms with E-state index in [1.807, 2.05) is 0 Å². The van der Waals surface area contributed by atoms with Crippen LogP contribution in [-0.4, -0.2) is 23.6 Å². The highest BCUT2D eigenvalue weighted by Gasteiger charge is 2.26. The molecule has 0 fully saturated rings. The summed E-state index contributed by atoms with van der Waals surface area (Å²) in [5.41, 5.74) is 2.37. The van der Waals surface area contributed by atoms with Gasteiger partial charge in [0.1, 0.15) is 0 Å². The SMILES string of the molecule is Cc1ccc(C2=CC(=O)NC2=O)cc1C1=CC(=O)NC1=O. The summed E-state index contributed by atoms with van der Waals surface area (Å²) in [6.45, 7) is 1.80. The molecule has 0 unspecified atom stereocenters. The van der Waals surface area contributed by atoms with Crippen LogP contribution in [0.15, 0.2) is 30.4 Å². The van der Waals surface area contributed by atoms with Crippen molar-refractivity contribution in [2.75, 3.05) is 0 Å². The van der Waals surface area contributed by atoms with Gasteiger partial charge in [0, 0.05) is 12.2 Å². The minimum Gasteiger partial charge on any atom is -0.289 e. The van der Waals surface area contributed by atoms with Crippen molar-refractivity contribution in [2.45, 2.75) is 6.92 Å². The monoisotopic (exact) mass is 282 g/mol. The molecule has 21 heavy (non-hydrogen) atoms. The zero-order valence-electron chi connectivity index (χ0n) is 11.0. The fourth-order valence-electron chi connectivity index (χ4n) is 2.32. The van der Waals surface area contributed by atoms with E-state index in [9.17, 15) is 19.2 Å². The lowest BCUT2D eigenvalue weighted by molar-refractivity contribution is -0.124. The summed E-state index contributed by atoms with van der Waals surface area (Å²) >= 11 is 0. The van der Waals surface area contributed by atoms with Crippen LogP contribution in [0.4, 0.5) is 0 Å². The number of carbonyl (C=O) groups excluding carboxylic acids is 4. The molecule has 2 N–H and O–H groups in total. The van der Waals surface area contributed by atoms with Crippen molar-refractivity contribution >= 4 is 34.8 Å². The molecule has 104 valence electrons. The Morgan fingerprint density at radius 3 is 1.90 bits per heavy atom. The molecule has 2 heterocycles. The fraction of sp³-hybridized carbons (Fsp3) is 0.0667. The summed E-state index contributed by atoms with van der Waals surface area (Å²) in [4.78, 5) is 45.9. The molecule has 0 bridgehead atoms. The van der Waals surface area contributed by atoms with E-state index in [1.165, 1.54) is 12.2 Å². The van der Waals surface area contributed by atoms with Crippen molar-refractivity contribution in [3.63, 3.8) is 0 Å². The van der Waals surface area contributed by atoms with Gasteiger partial charge in [-0.2, -0.15) is 0 Å². The highest BCUT2D eigenvalue weighted by Crippen LogP contribution is 2.27. The van der Waals surface area contributed by atoms with Gasteiger partial charge in [-0.15, -0.1) is 0 Å². The van der Waals surface area contributed by atoms with Crippen molar-refractivity contribution in [2.24, 2.45) is 0 Å². The number of benzene rings is 1. The number of hydrogen-bond acceptors (Lipinski definition) is 4. The zero-order valence-corrected chi connectivity index (χ0v) is 11.0. The van der Waals surface area contributed by atoms with Gasteiger partial charge in [-0.05, 0) is 29.7 Å². The molecule has 2 aliphatic rings. The molecule has 2 aliphatic heterocycles. The Kier molecular flexibility index (Phi) is 2.79. The molecule has 6 nitrogen and oxygen atoms in total. The number of carbonyl (C=O) groups is 4. The molecule has 3 rings (SSSR count). The third kappa shape index (κ3) is 2.16. The molecule has 0 saturated carbocycles. The van der Waals surface area contributed by atoms with Gasteiger partial charge in [0.25, 0.3) is 23.6 Å². The van der Waals surface area contributed by atoms with E-state index < -0.39 is 23.6 Å². The first-order chi connectivity index (χ1) is 9.95. The predicted octanol–water partition coefficient (Wildman–Crippen LogP) is 0.0746. The van der Waals surface area contributed by atoms with Crippen LogP contribution in [0, 0.1) is 6.92 Å². The molecule has 6 heteroatoms. The van der Waals surface area contributed by atoms with Gasteiger partial charge in [0.05, 0.1) is 11.1 Å². The molecule has 4 amide bonds. The Labute approximate surface area is 119 Å². The van der Waals surface area contributed by atoms with Gasteiger partial charge in [-0.1, -0.05) is 12.1 Å². The third-order valence-corrected chi connectivity index (χ3v) is 3.35. The highest BCUT2D eigenvalue weighted by atomic mass is 16.2. The van der Waals surface area contributed by atoms with Crippen LogP contribution in [0.5, 0.6) is 0 Å². The van der Waals surface area contributed by atoms with Crippen LogP contribution < -0.4 is 10.6 Å². The Bertz CT molecular complexity index is 787. The first kappa shape index (κ1) is 13.0. The molecule has 0 radical (unpaired) electrons. The average molecular weight is 282 g/mol. The number of nitrogens with one attached hydrogen (secondary N) is 2. The van der Waals surface area contributed by atoms with E-state index in [-0.39, 0.29) is 11.1 Å². The van der Waals surface area contributed by atoms with E-state index in [0.29, 0.717) is 11.1 Å². The highest BCUT2D eigenvalue weighted by molar-refractivity contribution is 6.35. The van der Waals surface area contributed by atoms with Gasteiger partial charge in [0.15, 0.2) is 0 Å². The molecule has 0 saturated heterocycles. The van der Waals surface area contributed by atoms with E-state index in [0.717, 1.165) is 5.56 Å². The fourth-order valence-corrected chi connectivity index (χ4v) is 2.32. The van der Waals surface area contributed by atoms with Crippen LogP contribution >= 0.6 is 0 Å². The lowest BCUT2D eigenvalue weighted by atomic mass is 9.95. The van der Waals surface area contributed by atoms with E-state index in [1.54, 1.807) is 25.1 Å². The topological polar surface area (TPSA) is 92.3 Å². The Morgan fingerprint density at radius 2 is 1.38 bits per heavy atom. The molecular formula is C15H10N2O4. The van der Waals surface area contributed by atoms with Crippen molar-refractivity contribution < 1.29 is 19.2 Å². The number of imide groups is 2. The lowest BCUT2D eigenvalue weighted by Gasteiger charge is -2.08. The summed E-state index contributed by atoms with van der Waals surface area (Å²) in [6, 6.07) is 5.06. The molecule has 1 aromatic carbocycles. The van der Waals surface area contributed by atoms with Crippen molar-refractivity contribution in [3.8, 4) is 0 Å². The van der Waals surface area contributed by atoms with E-state index in [4.69, 9.17) is 0 Å². The minimum absolute atomic E-state index is 0.242. The predicted molar refractivity (Wildman–Crippen MR) is 73.4 cm³/mol.